The molecule has 0 amide bonds. The Morgan fingerprint density at radius 3 is 2.71 bits per heavy atom. The van der Waals surface area contributed by atoms with Gasteiger partial charge in [-0.2, -0.15) is 0 Å². The first kappa shape index (κ1) is 10.8. The summed E-state index contributed by atoms with van der Waals surface area (Å²) in [6.07, 6.45) is 8.34. The standard InChI is InChI=1S/C15H19NO/c17-10-9-12-11-16(13-5-1-2-6-13)15-8-4-3-7-14(12)15/h3-4,7-8,11,13,17H,1-2,5-6,9-10H2. The number of para-hydroxylation sites is 1. The Kier molecular flexibility index (Phi) is 2.89. The molecule has 2 aromatic rings. The molecule has 2 nitrogen and oxygen atoms in total. The van der Waals surface area contributed by atoms with Gasteiger partial charge >= 0.3 is 0 Å². The highest BCUT2D eigenvalue weighted by atomic mass is 16.2. The van der Waals surface area contributed by atoms with Crippen LogP contribution in [0, 0.1) is 0 Å². The maximum atomic E-state index is 9.14. The second-order valence-electron chi connectivity index (χ2n) is 4.99. The molecule has 0 saturated heterocycles. The molecule has 0 aliphatic heterocycles. The Bertz CT molecular complexity index is 509. The predicted octanol–water partition coefficient (Wildman–Crippen LogP) is 3.29. The van der Waals surface area contributed by atoms with E-state index in [4.69, 9.17) is 5.11 Å². The molecule has 1 fully saturated rings. The van der Waals surface area contributed by atoms with E-state index in [2.05, 4.69) is 35.0 Å². The number of fused-ring (bicyclic) bond motifs is 1. The molecule has 1 N–H and O–H groups in total. The van der Waals surface area contributed by atoms with E-state index in [1.807, 2.05) is 0 Å². The van der Waals surface area contributed by atoms with E-state index in [9.17, 15) is 0 Å². The van der Waals surface area contributed by atoms with Gasteiger partial charge in [0.1, 0.15) is 0 Å². The SMILES string of the molecule is OCCc1cn(C2CCCC2)c2ccccc12. The van der Waals surface area contributed by atoms with Crippen LogP contribution in [0.4, 0.5) is 0 Å². The quantitative estimate of drug-likeness (QED) is 0.858. The van der Waals surface area contributed by atoms with Gasteiger partial charge in [-0.15, -0.1) is 0 Å². The van der Waals surface area contributed by atoms with E-state index < -0.39 is 0 Å². The van der Waals surface area contributed by atoms with Crippen molar-refractivity contribution in [2.45, 2.75) is 38.1 Å². The van der Waals surface area contributed by atoms with E-state index >= 15 is 0 Å². The van der Waals surface area contributed by atoms with Crippen molar-refractivity contribution < 1.29 is 5.11 Å². The van der Waals surface area contributed by atoms with Crippen molar-refractivity contribution in [1.29, 1.82) is 0 Å². The third-order valence-electron chi connectivity index (χ3n) is 3.92. The molecule has 0 radical (unpaired) electrons. The molecule has 1 aliphatic carbocycles. The third kappa shape index (κ3) is 1.87. The molecule has 1 aromatic carbocycles. The molecule has 0 unspecified atom stereocenters. The first-order valence-corrected chi connectivity index (χ1v) is 6.59. The number of rotatable bonds is 3. The van der Waals surface area contributed by atoms with E-state index in [1.165, 1.54) is 42.1 Å². The highest BCUT2D eigenvalue weighted by Gasteiger charge is 2.19. The molecule has 0 atom stereocenters. The predicted molar refractivity (Wildman–Crippen MR) is 70.2 cm³/mol. The fourth-order valence-electron chi connectivity index (χ4n) is 3.08. The number of hydrogen-bond donors (Lipinski definition) is 1. The van der Waals surface area contributed by atoms with Crippen molar-refractivity contribution >= 4 is 10.9 Å². The molecule has 1 aromatic heterocycles. The molecule has 1 saturated carbocycles. The summed E-state index contributed by atoms with van der Waals surface area (Å²) in [5.74, 6) is 0. The highest BCUT2D eigenvalue weighted by molar-refractivity contribution is 5.84. The molecular weight excluding hydrogens is 210 g/mol. The molecule has 1 heterocycles. The van der Waals surface area contributed by atoms with Crippen LogP contribution in [0.15, 0.2) is 30.5 Å². The van der Waals surface area contributed by atoms with Gasteiger partial charge in [-0.3, -0.25) is 0 Å². The summed E-state index contributed by atoms with van der Waals surface area (Å²) >= 11 is 0. The summed E-state index contributed by atoms with van der Waals surface area (Å²) in [5.41, 5.74) is 2.62. The van der Waals surface area contributed by atoms with Gasteiger partial charge in [-0.25, -0.2) is 0 Å². The molecule has 0 spiro atoms. The van der Waals surface area contributed by atoms with Gasteiger partial charge in [-0.05, 0) is 30.9 Å². The van der Waals surface area contributed by atoms with Gasteiger partial charge in [0.2, 0.25) is 0 Å². The fourth-order valence-corrected chi connectivity index (χ4v) is 3.08. The monoisotopic (exact) mass is 229 g/mol. The molecular formula is C15H19NO. The van der Waals surface area contributed by atoms with Gasteiger partial charge in [0.25, 0.3) is 0 Å². The number of aromatic nitrogens is 1. The average Bonchev–Trinajstić information content (AvgIpc) is 2.97. The van der Waals surface area contributed by atoms with E-state index in [1.54, 1.807) is 0 Å². The minimum atomic E-state index is 0.235. The Hall–Kier alpha value is -1.28. The largest absolute Gasteiger partial charge is 0.396 e. The maximum Gasteiger partial charge on any atom is 0.0485 e. The first-order valence-electron chi connectivity index (χ1n) is 6.59. The zero-order chi connectivity index (χ0) is 11.7. The van der Waals surface area contributed by atoms with E-state index in [0.29, 0.717) is 6.04 Å². The number of benzene rings is 1. The third-order valence-corrected chi connectivity index (χ3v) is 3.92. The Morgan fingerprint density at radius 2 is 1.94 bits per heavy atom. The highest BCUT2D eigenvalue weighted by Crippen LogP contribution is 2.34. The number of nitrogens with zero attached hydrogens (tertiary/aromatic N) is 1. The summed E-state index contributed by atoms with van der Waals surface area (Å²) in [6, 6.07) is 9.24. The van der Waals surface area contributed by atoms with Crippen molar-refractivity contribution in [2.75, 3.05) is 6.61 Å². The number of aliphatic hydroxyl groups excluding tert-OH is 1. The van der Waals surface area contributed by atoms with Crippen LogP contribution in [0.2, 0.25) is 0 Å². The first-order chi connectivity index (χ1) is 8.40. The van der Waals surface area contributed by atoms with Crippen LogP contribution in [-0.4, -0.2) is 16.3 Å². The molecule has 90 valence electrons. The fraction of sp³-hybridized carbons (Fsp3) is 0.467. The van der Waals surface area contributed by atoms with Crippen LogP contribution in [0.5, 0.6) is 0 Å². The molecule has 2 heteroatoms. The van der Waals surface area contributed by atoms with Gasteiger partial charge < -0.3 is 9.67 Å². The van der Waals surface area contributed by atoms with Crippen LogP contribution in [0.3, 0.4) is 0 Å². The summed E-state index contributed by atoms with van der Waals surface area (Å²) in [6.45, 7) is 0.235. The lowest BCUT2D eigenvalue weighted by atomic mass is 10.1. The van der Waals surface area contributed by atoms with Crippen molar-refractivity contribution in [1.82, 2.24) is 4.57 Å². The van der Waals surface area contributed by atoms with Crippen molar-refractivity contribution in [3.8, 4) is 0 Å². The van der Waals surface area contributed by atoms with Crippen molar-refractivity contribution in [3.05, 3.63) is 36.0 Å². The summed E-state index contributed by atoms with van der Waals surface area (Å²) in [4.78, 5) is 0. The summed E-state index contributed by atoms with van der Waals surface area (Å²) < 4.78 is 2.44. The van der Waals surface area contributed by atoms with E-state index in [-0.39, 0.29) is 6.61 Å². The average molecular weight is 229 g/mol. The van der Waals surface area contributed by atoms with Gasteiger partial charge in [0.15, 0.2) is 0 Å². The van der Waals surface area contributed by atoms with Crippen LogP contribution >= 0.6 is 0 Å². The zero-order valence-electron chi connectivity index (χ0n) is 10.1. The van der Waals surface area contributed by atoms with Crippen LogP contribution in [0.1, 0.15) is 37.3 Å². The smallest absolute Gasteiger partial charge is 0.0485 e. The number of hydrogen-bond acceptors (Lipinski definition) is 1. The van der Waals surface area contributed by atoms with Crippen molar-refractivity contribution in [2.24, 2.45) is 0 Å². The van der Waals surface area contributed by atoms with Gasteiger partial charge in [0.05, 0.1) is 0 Å². The molecule has 1 aliphatic rings. The lowest BCUT2D eigenvalue weighted by molar-refractivity contribution is 0.300. The van der Waals surface area contributed by atoms with Gasteiger partial charge in [-0.1, -0.05) is 31.0 Å². The van der Waals surface area contributed by atoms with Gasteiger partial charge in [0, 0.05) is 29.7 Å². The minimum absolute atomic E-state index is 0.235. The second kappa shape index (κ2) is 4.53. The van der Waals surface area contributed by atoms with Crippen molar-refractivity contribution in [3.63, 3.8) is 0 Å². The maximum absolute atomic E-state index is 9.14. The van der Waals surface area contributed by atoms with Crippen LogP contribution < -0.4 is 0 Å². The zero-order valence-corrected chi connectivity index (χ0v) is 10.1. The lowest BCUT2D eigenvalue weighted by Gasteiger charge is -2.12. The Balaban J connectivity index is 2.10. The summed E-state index contributed by atoms with van der Waals surface area (Å²) in [7, 11) is 0. The van der Waals surface area contributed by atoms with Crippen LogP contribution in [0.25, 0.3) is 10.9 Å². The van der Waals surface area contributed by atoms with Crippen LogP contribution in [-0.2, 0) is 6.42 Å². The minimum Gasteiger partial charge on any atom is -0.396 e. The molecule has 3 rings (SSSR count). The Morgan fingerprint density at radius 1 is 1.18 bits per heavy atom. The summed E-state index contributed by atoms with van der Waals surface area (Å²) in [5, 5.41) is 10.5. The molecule has 0 bridgehead atoms. The van der Waals surface area contributed by atoms with E-state index in [0.717, 1.165) is 6.42 Å². The lowest BCUT2D eigenvalue weighted by Crippen LogP contribution is -2.02. The number of aliphatic hydroxyl groups is 1. The Labute approximate surface area is 102 Å². The normalized spacial score (nSPS) is 17.0. The molecule has 17 heavy (non-hydrogen) atoms. The topological polar surface area (TPSA) is 25.2 Å². The second-order valence-corrected chi connectivity index (χ2v) is 4.99.